The maximum Gasteiger partial charge on any atom is 0.326 e. The molecule has 98 valence electrons. The smallest absolute Gasteiger partial charge is 0.326 e. The molecule has 1 aliphatic heterocycles. The summed E-state index contributed by atoms with van der Waals surface area (Å²) < 4.78 is 0. The zero-order valence-corrected chi connectivity index (χ0v) is 10.0. The highest BCUT2D eigenvalue weighted by Crippen LogP contribution is 2.19. The molecule has 1 fully saturated rings. The number of nitrogens with zero attached hydrogens (tertiary/aromatic N) is 1. The highest BCUT2D eigenvalue weighted by Gasteiger charge is 2.40. The molecule has 0 aromatic heterocycles. The maximum atomic E-state index is 11.9. The number of aliphatic carboxylic acids is 1. The van der Waals surface area contributed by atoms with Crippen LogP contribution in [0, 0.1) is 0 Å². The number of nitrogens with two attached hydrogens (primary N) is 1. The van der Waals surface area contributed by atoms with Crippen molar-refractivity contribution in [2.75, 3.05) is 6.54 Å². The van der Waals surface area contributed by atoms with Gasteiger partial charge >= 0.3 is 5.97 Å². The lowest BCUT2D eigenvalue weighted by Gasteiger charge is -2.24. The minimum atomic E-state index is -1.09. The maximum absolute atomic E-state index is 11.9. The number of aliphatic hydroxyl groups excluding tert-OH is 1. The lowest BCUT2D eigenvalue weighted by Crippen LogP contribution is -2.48. The Morgan fingerprint density at radius 1 is 1.53 bits per heavy atom. The Bertz CT molecular complexity index is 295. The minimum Gasteiger partial charge on any atom is -0.480 e. The summed E-state index contributed by atoms with van der Waals surface area (Å²) in [4.78, 5) is 24.1. The van der Waals surface area contributed by atoms with Crippen molar-refractivity contribution in [3.63, 3.8) is 0 Å². The van der Waals surface area contributed by atoms with Crippen LogP contribution in [0.1, 0.15) is 32.6 Å². The van der Waals surface area contributed by atoms with Gasteiger partial charge in [-0.2, -0.15) is 0 Å². The largest absolute Gasteiger partial charge is 0.480 e. The first-order valence-electron chi connectivity index (χ1n) is 5.94. The molecule has 0 radical (unpaired) electrons. The van der Waals surface area contributed by atoms with E-state index in [1.165, 1.54) is 4.90 Å². The van der Waals surface area contributed by atoms with Gasteiger partial charge in [0.1, 0.15) is 6.04 Å². The fourth-order valence-electron chi connectivity index (χ4n) is 2.05. The second-order valence-corrected chi connectivity index (χ2v) is 4.48. The number of hydrogen-bond acceptors (Lipinski definition) is 4. The van der Waals surface area contributed by atoms with E-state index in [-0.39, 0.29) is 18.9 Å². The second kappa shape index (κ2) is 5.97. The fourth-order valence-corrected chi connectivity index (χ4v) is 2.05. The van der Waals surface area contributed by atoms with Crippen molar-refractivity contribution in [2.45, 2.75) is 50.8 Å². The third kappa shape index (κ3) is 3.41. The fraction of sp³-hybridized carbons (Fsp3) is 0.818. The molecule has 4 N–H and O–H groups in total. The monoisotopic (exact) mass is 244 g/mol. The Hall–Kier alpha value is -1.14. The molecule has 1 aliphatic rings. The van der Waals surface area contributed by atoms with Crippen molar-refractivity contribution in [3.05, 3.63) is 0 Å². The normalized spacial score (nSPS) is 25.9. The van der Waals surface area contributed by atoms with Crippen LogP contribution in [-0.4, -0.2) is 51.7 Å². The van der Waals surface area contributed by atoms with E-state index < -0.39 is 24.2 Å². The lowest BCUT2D eigenvalue weighted by molar-refractivity contribution is -0.148. The highest BCUT2D eigenvalue weighted by atomic mass is 16.4. The van der Waals surface area contributed by atoms with E-state index >= 15 is 0 Å². The van der Waals surface area contributed by atoms with Crippen molar-refractivity contribution >= 4 is 11.9 Å². The van der Waals surface area contributed by atoms with Crippen molar-refractivity contribution < 1.29 is 19.8 Å². The number of β-amino-alcohol motifs (C(OH)–C–C–N with tert-alkyl or cyclic N) is 1. The highest BCUT2D eigenvalue weighted by molar-refractivity contribution is 5.87. The zero-order chi connectivity index (χ0) is 13.0. The van der Waals surface area contributed by atoms with Gasteiger partial charge in [-0.1, -0.05) is 19.8 Å². The topological polar surface area (TPSA) is 104 Å². The average Bonchev–Trinajstić information content (AvgIpc) is 2.67. The molecule has 1 rings (SSSR count). The van der Waals surface area contributed by atoms with Gasteiger partial charge in [-0.15, -0.1) is 0 Å². The number of unbranched alkanes of at least 4 members (excludes halogenated alkanes) is 1. The predicted molar refractivity (Wildman–Crippen MR) is 61.3 cm³/mol. The van der Waals surface area contributed by atoms with Crippen LogP contribution in [-0.2, 0) is 9.59 Å². The second-order valence-electron chi connectivity index (χ2n) is 4.48. The van der Waals surface area contributed by atoms with E-state index in [2.05, 4.69) is 0 Å². The number of carbonyl (C=O) groups is 2. The first-order chi connectivity index (χ1) is 7.97. The number of aliphatic hydroxyl groups is 1. The Morgan fingerprint density at radius 2 is 2.18 bits per heavy atom. The molecule has 1 amide bonds. The summed E-state index contributed by atoms with van der Waals surface area (Å²) in [6.45, 7) is 2.06. The van der Waals surface area contributed by atoms with Crippen LogP contribution in [0.3, 0.4) is 0 Å². The first-order valence-corrected chi connectivity index (χ1v) is 5.94. The van der Waals surface area contributed by atoms with Gasteiger partial charge in [-0.25, -0.2) is 4.79 Å². The van der Waals surface area contributed by atoms with Crippen LogP contribution >= 0.6 is 0 Å². The van der Waals surface area contributed by atoms with E-state index in [4.69, 9.17) is 10.8 Å². The number of carboxylic acids is 1. The molecule has 17 heavy (non-hydrogen) atoms. The van der Waals surface area contributed by atoms with Gasteiger partial charge in [0.05, 0.1) is 12.1 Å². The lowest BCUT2D eigenvalue weighted by atomic mass is 10.1. The number of hydrogen-bond donors (Lipinski definition) is 3. The van der Waals surface area contributed by atoms with E-state index in [1.807, 2.05) is 6.92 Å². The summed E-state index contributed by atoms with van der Waals surface area (Å²) in [7, 11) is 0. The molecule has 3 atom stereocenters. The summed E-state index contributed by atoms with van der Waals surface area (Å²) >= 11 is 0. The van der Waals surface area contributed by atoms with Crippen LogP contribution in [0.5, 0.6) is 0 Å². The van der Waals surface area contributed by atoms with Crippen LogP contribution in [0.25, 0.3) is 0 Å². The van der Waals surface area contributed by atoms with Crippen molar-refractivity contribution in [2.24, 2.45) is 5.73 Å². The van der Waals surface area contributed by atoms with Gasteiger partial charge in [0, 0.05) is 13.0 Å². The minimum absolute atomic E-state index is 0.0651. The average molecular weight is 244 g/mol. The van der Waals surface area contributed by atoms with Crippen molar-refractivity contribution in [3.8, 4) is 0 Å². The molecule has 0 aromatic carbocycles. The first kappa shape index (κ1) is 13.9. The molecule has 6 heteroatoms. The van der Waals surface area contributed by atoms with Crippen LogP contribution < -0.4 is 5.73 Å². The Balaban J connectivity index is 2.63. The van der Waals surface area contributed by atoms with Gasteiger partial charge in [-0.05, 0) is 6.42 Å². The van der Waals surface area contributed by atoms with Crippen LogP contribution in [0.15, 0.2) is 0 Å². The molecular formula is C11H20N2O4. The number of amides is 1. The molecule has 0 aliphatic carbocycles. The molecule has 3 unspecified atom stereocenters. The molecule has 0 aromatic rings. The zero-order valence-electron chi connectivity index (χ0n) is 10.0. The standard InChI is InChI=1S/C11H20N2O4/c1-2-3-4-8(12)10(15)13-6-7(14)5-9(13)11(16)17/h7-9,14H,2-6,12H2,1H3,(H,16,17). The van der Waals surface area contributed by atoms with Gasteiger partial charge in [0.25, 0.3) is 0 Å². The molecule has 0 bridgehead atoms. The molecule has 6 nitrogen and oxygen atoms in total. The third-order valence-corrected chi connectivity index (χ3v) is 3.03. The Labute approximate surface area is 100 Å². The van der Waals surface area contributed by atoms with Gasteiger partial charge < -0.3 is 20.8 Å². The summed E-state index contributed by atoms with van der Waals surface area (Å²) in [6, 6.07) is -1.60. The van der Waals surface area contributed by atoms with E-state index in [1.54, 1.807) is 0 Å². The van der Waals surface area contributed by atoms with E-state index in [9.17, 15) is 14.7 Å². The number of rotatable bonds is 5. The van der Waals surface area contributed by atoms with Crippen LogP contribution in [0.2, 0.25) is 0 Å². The molecule has 0 saturated carbocycles. The SMILES string of the molecule is CCCCC(N)C(=O)N1CC(O)CC1C(=O)O. The Morgan fingerprint density at radius 3 is 2.71 bits per heavy atom. The summed E-state index contributed by atoms with van der Waals surface area (Å²) in [5.41, 5.74) is 5.73. The summed E-state index contributed by atoms with van der Waals surface area (Å²) in [5, 5.41) is 18.4. The third-order valence-electron chi connectivity index (χ3n) is 3.03. The van der Waals surface area contributed by atoms with Crippen molar-refractivity contribution in [1.29, 1.82) is 0 Å². The number of carboxylic acid groups (broad SMARTS) is 1. The summed E-state index contributed by atoms with van der Waals surface area (Å²) in [5.74, 6) is -1.46. The predicted octanol–water partition coefficient (Wildman–Crippen LogP) is -0.450. The van der Waals surface area contributed by atoms with E-state index in [0.29, 0.717) is 6.42 Å². The van der Waals surface area contributed by atoms with Gasteiger partial charge in [0.2, 0.25) is 5.91 Å². The van der Waals surface area contributed by atoms with Gasteiger partial charge in [0.15, 0.2) is 0 Å². The van der Waals surface area contributed by atoms with Gasteiger partial charge in [-0.3, -0.25) is 4.79 Å². The number of carbonyl (C=O) groups excluding carboxylic acids is 1. The molecule has 1 heterocycles. The van der Waals surface area contributed by atoms with E-state index in [0.717, 1.165) is 12.8 Å². The Kier molecular flexibility index (Phi) is 4.89. The molecular weight excluding hydrogens is 224 g/mol. The number of likely N-dealkylation sites (tertiary alicyclic amines) is 1. The summed E-state index contributed by atoms with van der Waals surface area (Å²) in [6.07, 6.45) is 1.64. The quantitative estimate of drug-likeness (QED) is 0.607. The van der Waals surface area contributed by atoms with Crippen LogP contribution in [0.4, 0.5) is 0 Å². The molecule has 1 saturated heterocycles. The molecule has 0 spiro atoms. The van der Waals surface area contributed by atoms with Crippen molar-refractivity contribution in [1.82, 2.24) is 4.90 Å².